The van der Waals surface area contributed by atoms with E-state index in [1.54, 1.807) is 4.90 Å². The summed E-state index contributed by atoms with van der Waals surface area (Å²) in [5.74, 6) is -0.764. The largest absolute Gasteiger partial charge is 0.330 e. The van der Waals surface area contributed by atoms with E-state index in [1.165, 1.54) is 18.3 Å². The topological polar surface area (TPSA) is 33.2 Å². The van der Waals surface area contributed by atoms with Crippen LogP contribution in [0.15, 0.2) is 79.0 Å². The molecule has 0 bridgehead atoms. The molecule has 0 spiro atoms. The highest BCUT2D eigenvalue weighted by Gasteiger charge is 2.17. The van der Waals surface area contributed by atoms with Gasteiger partial charge in [0.1, 0.15) is 0 Å². The summed E-state index contributed by atoms with van der Waals surface area (Å²) >= 11 is 0. The van der Waals surface area contributed by atoms with Crippen LogP contribution in [0.5, 0.6) is 0 Å². The van der Waals surface area contributed by atoms with Crippen molar-refractivity contribution < 1.29 is 9.18 Å². The van der Waals surface area contributed by atoms with Crippen LogP contribution in [0.1, 0.15) is 21.5 Å². The van der Waals surface area contributed by atoms with Gasteiger partial charge in [-0.3, -0.25) is 4.79 Å². The Kier molecular flexibility index (Phi) is 4.96. The smallest absolute Gasteiger partial charge is 0.256 e. The predicted octanol–water partition coefficient (Wildman–Crippen LogP) is 4.06. The molecule has 0 saturated heterocycles. The summed E-state index contributed by atoms with van der Waals surface area (Å²) in [6.07, 6.45) is 1.28. The van der Waals surface area contributed by atoms with E-state index in [1.807, 2.05) is 60.7 Å². The van der Waals surface area contributed by atoms with Gasteiger partial charge in [-0.1, -0.05) is 60.7 Å². The number of hydrogen-bond donors (Lipinski definition) is 0. The Balaban J connectivity index is 1.85. The third-order valence-electron chi connectivity index (χ3n) is 3.69. The lowest BCUT2D eigenvalue weighted by Crippen LogP contribution is -2.30. The molecule has 4 heteroatoms. The van der Waals surface area contributed by atoms with Crippen molar-refractivity contribution in [3.8, 4) is 0 Å². The van der Waals surface area contributed by atoms with Gasteiger partial charge in [0.05, 0.1) is 5.56 Å². The highest BCUT2D eigenvalue weighted by atomic mass is 19.1. The number of nitrogens with zero attached hydrogens (tertiary/aromatic N) is 2. The van der Waals surface area contributed by atoms with Crippen LogP contribution < -0.4 is 0 Å². The summed E-state index contributed by atoms with van der Waals surface area (Å²) in [7, 11) is 0. The number of aromatic nitrogens is 1. The molecule has 0 aliphatic heterocycles. The van der Waals surface area contributed by atoms with Crippen molar-refractivity contribution in [2.45, 2.75) is 13.1 Å². The van der Waals surface area contributed by atoms with Gasteiger partial charge in [0.15, 0.2) is 0 Å². The standard InChI is InChI=1S/C20H17FN2O/c21-19-12-11-18(13-22-19)20(24)23(14-16-7-3-1-4-8-16)15-17-9-5-2-6-10-17/h1-13H,14-15H2. The van der Waals surface area contributed by atoms with E-state index >= 15 is 0 Å². The summed E-state index contributed by atoms with van der Waals surface area (Å²) in [5, 5.41) is 0. The van der Waals surface area contributed by atoms with E-state index in [0.29, 0.717) is 18.7 Å². The number of amides is 1. The molecule has 2 aromatic carbocycles. The summed E-state index contributed by atoms with van der Waals surface area (Å²) < 4.78 is 13.0. The number of carbonyl (C=O) groups excluding carboxylic acids is 1. The van der Waals surface area contributed by atoms with Crippen molar-refractivity contribution in [2.75, 3.05) is 0 Å². The van der Waals surface area contributed by atoms with Crippen LogP contribution in [-0.2, 0) is 13.1 Å². The van der Waals surface area contributed by atoms with Crippen LogP contribution in [0.25, 0.3) is 0 Å². The molecule has 3 nitrogen and oxygen atoms in total. The molecular weight excluding hydrogens is 303 g/mol. The number of pyridine rings is 1. The van der Waals surface area contributed by atoms with E-state index in [0.717, 1.165) is 11.1 Å². The lowest BCUT2D eigenvalue weighted by atomic mass is 10.1. The fourth-order valence-electron chi connectivity index (χ4n) is 2.49. The van der Waals surface area contributed by atoms with E-state index in [-0.39, 0.29) is 5.91 Å². The highest BCUT2D eigenvalue weighted by molar-refractivity contribution is 5.93. The van der Waals surface area contributed by atoms with Crippen LogP contribution in [0.3, 0.4) is 0 Å². The molecule has 0 aliphatic carbocycles. The second-order valence-electron chi connectivity index (χ2n) is 5.50. The van der Waals surface area contributed by atoms with Gasteiger partial charge in [0, 0.05) is 19.3 Å². The molecule has 0 radical (unpaired) electrons. The van der Waals surface area contributed by atoms with Crippen LogP contribution >= 0.6 is 0 Å². The summed E-state index contributed by atoms with van der Waals surface area (Å²) in [5.41, 5.74) is 2.46. The number of hydrogen-bond acceptors (Lipinski definition) is 2. The maximum atomic E-state index is 13.0. The Morgan fingerprint density at radius 3 is 1.83 bits per heavy atom. The molecule has 0 saturated carbocycles. The molecule has 1 aromatic heterocycles. The number of benzene rings is 2. The van der Waals surface area contributed by atoms with Gasteiger partial charge < -0.3 is 4.90 Å². The zero-order valence-electron chi connectivity index (χ0n) is 13.1. The van der Waals surface area contributed by atoms with Gasteiger partial charge in [-0.05, 0) is 23.3 Å². The summed E-state index contributed by atoms with van der Waals surface area (Å²) in [6.45, 7) is 0.956. The summed E-state index contributed by atoms with van der Waals surface area (Å²) in [4.78, 5) is 18.1. The molecular formula is C20H17FN2O. The Morgan fingerprint density at radius 2 is 1.38 bits per heavy atom. The first kappa shape index (κ1) is 15.9. The van der Waals surface area contributed by atoms with Crippen molar-refractivity contribution in [3.05, 3.63) is 102 Å². The van der Waals surface area contributed by atoms with Crippen LogP contribution in [0, 0.1) is 5.95 Å². The first-order valence-electron chi connectivity index (χ1n) is 7.71. The maximum absolute atomic E-state index is 13.0. The van der Waals surface area contributed by atoms with E-state index in [2.05, 4.69) is 4.98 Å². The first-order valence-corrected chi connectivity index (χ1v) is 7.71. The minimum Gasteiger partial charge on any atom is -0.330 e. The van der Waals surface area contributed by atoms with E-state index < -0.39 is 5.95 Å². The predicted molar refractivity (Wildman–Crippen MR) is 90.7 cm³/mol. The third-order valence-corrected chi connectivity index (χ3v) is 3.69. The molecule has 0 fully saturated rings. The number of halogens is 1. The van der Waals surface area contributed by atoms with Gasteiger partial charge in [-0.25, -0.2) is 4.98 Å². The molecule has 120 valence electrons. The fraction of sp³-hybridized carbons (Fsp3) is 0.100. The van der Waals surface area contributed by atoms with Crippen LogP contribution in [0.2, 0.25) is 0 Å². The first-order chi connectivity index (χ1) is 11.7. The normalized spacial score (nSPS) is 10.4. The van der Waals surface area contributed by atoms with Gasteiger partial charge in [-0.15, -0.1) is 0 Å². The lowest BCUT2D eigenvalue weighted by Gasteiger charge is -2.23. The maximum Gasteiger partial charge on any atom is 0.256 e. The van der Waals surface area contributed by atoms with Gasteiger partial charge in [-0.2, -0.15) is 4.39 Å². The second-order valence-corrected chi connectivity index (χ2v) is 5.50. The Morgan fingerprint density at radius 1 is 0.833 bits per heavy atom. The fourth-order valence-corrected chi connectivity index (χ4v) is 2.49. The average molecular weight is 320 g/mol. The van der Waals surface area contributed by atoms with Crippen molar-refractivity contribution in [3.63, 3.8) is 0 Å². The monoisotopic (exact) mass is 320 g/mol. The molecule has 1 heterocycles. The summed E-state index contributed by atoms with van der Waals surface area (Å²) in [6, 6.07) is 22.3. The zero-order chi connectivity index (χ0) is 16.8. The Hall–Kier alpha value is -3.01. The second kappa shape index (κ2) is 7.51. The Labute approximate surface area is 140 Å². The van der Waals surface area contributed by atoms with Gasteiger partial charge in [0.2, 0.25) is 5.95 Å². The van der Waals surface area contributed by atoms with Crippen LogP contribution in [0.4, 0.5) is 4.39 Å². The van der Waals surface area contributed by atoms with Crippen molar-refractivity contribution in [1.29, 1.82) is 0 Å². The molecule has 24 heavy (non-hydrogen) atoms. The van der Waals surface area contributed by atoms with E-state index in [4.69, 9.17) is 0 Å². The molecule has 3 aromatic rings. The molecule has 0 aliphatic rings. The number of rotatable bonds is 5. The van der Waals surface area contributed by atoms with E-state index in [9.17, 15) is 9.18 Å². The van der Waals surface area contributed by atoms with Crippen molar-refractivity contribution in [1.82, 2.24) is 9.88 Å². The lowest BCUT2D eigenvalue weighted by molar-refractivity contribution is 0.0729. The van der Waals surface area contributed by atoms with Crippen LogP contribution in [-0.4, -0.2) is 15.8 Å². The van der Waals surface area contributed by atoms with Crippen molar-refractivity contribution in [2.24, 2.45) is 0 Å². The molecule has 0 atom stereocenters. The van der Waals surface area contributed by atoms with Crippen molar-refractivity contribution >= 4 is 5.91 Å². The molecule has 3 rings (SSSR count). The van der Waals surface area contributed by atoms with Gasteiger partial charge in [0.25, 0.3) is 5.91 Å². The molecule has 0 unspecified atom stereocenters. The minimum absolute atomic E-state index is 0.171. The third kappa shape index (κ3) is 4.04. The quantitative estimate of drug-likeness (QED) is 0.664. The average Bonchev–Trinajstić information content (AvgIpc) is 2.63. The zero-order valence-corrected chi connectivity index (χ0v) is 13.1. The Bertz CT molecular complexity index is 747. The molecule has 0 N–H and O–H groups in total. The SMILES string of the molecule is O=C(c1ccc(F)nc1)N(Cc1ccccc1)Cc1ccccc1. The van der Waals surface area contributed by atoms with Gasteiger partial charge >= 0.3 is 0 Å². The molecule has 1 amide bonds. The highest BCUT2D eigenvalue weighted by Crippen LogP contribution is 2.14. The number of carbonyl (C=O) groups is 1. The minimum atomic E-state index is -0.593.